The maximum Gasteiger partial charge on any atom is 0.438 e. The lowest BCUT2D eigenvalue weighted by Gasteiger charge is -2.34. The van der Waals surface area contributed by atoms with E-state index in [-0.39, 0.29) is 35.6 Å². The second-order valence-corrected chi connectivity index (χ2v) is 18.5. The first-order valence-electron chi connectivity index (χ1n) is 24.4. The van der Waals surface area contributed by atoms with Crippen molar-refractivity contribution in [1.82, 2.24) is 0 Å². The third kappa shape index (κ3) is 13.7. The quantitative estimate of drug-likeness (QED) is 0.0484. The fraction of sp³-hybridized carbons (Fsp3) is 0.491. The van der Waals surface area contributed by atoms with Gasteiger partial charge in [-0.2, -0.15) is 52.7 Å². The van der Waals surface area contributed by atoms with Gasteiger partial charge in [0.25, 0.3) is 0 Å². The summed E-state index contributed by atoms with van der Waals surface area (Å²) >= 11 is 0. The van der Waals surface area contributed by atoms with Crippen LogP contribution in [0.15, 0.2) is 72.8 Å². The molecule has 422 valence electrons. The molecule has 1 N–H and O–H groups in total. The molecule has 1 aliphatic rings. The van der Waals surface area contributed by atoms with Gasteiger partial charge in [0, 0.05) is 42.6 Å². The Bertz CT molecular complexity index is 2760. The average molecular weight is 1100 g/mol. The lowest BCUT2D eigenvalue weighted by molar-refractivity contribution is -0.368. The van der Waals surface area contributed by atoms with Gasteiger partial charge in [0.2, 0.25) is 0 Å². The van der Waals surface area contributed by atoms with E-state index in [1.54, 1.807) is 51.1 Å². The first-order valence-corrected chi connectivity index (χ1v) is 24.4. The molecule has 1 fully saturated rings. The number of carbonyl (C=O) groups excluding carboxylic acids is 1. The highest BCUT2D eigenvalue weighted by molar-refractivity contribution is 5.71. The SMILES string of the molecule is CCC(CC)(c1ccc(C#CC(OCOC)(C(F)(F)F)C(F)(F)F)c(C)c1)c1ccc(OC[C@H]2CCC(=O)O2)c(C)c1.CCC(CC)(c1ccc(O)c(C)c1)c1ccc(C#CC(OCOC)(C(F)(F)F)C(F)(F)F)c(C)c1. The van der Waals surface area contributed by atoms with E-state index in [4.69, 9.17) is 9.47 Å². The van der Waals surface area contributed by atoms with Crippen LogP contribution >= 0.6 is 0 Å². The zero-order valence-electron chi connectivity index (χ0n) is 44.2. The lowest BCUT2D eigenvalue weighted by atomic mass is 9.70. The van der Waals surface area contributed by atoms with E-state index in [0.717, 1.165) is 42.0 Å². The molecule has 0 unspecified atom stereocenters. The van der Waals surface area contributed by atoms with Crippen LogP contribution in [-0.4, -0.2) is 87.5 Å². The fourth-order valence-electron chi connectivity index (χ4n) is 9.22. The van der Waals surface area contributed by atoms with Crippen LogP contribution in [0.2, 0.25) is 0 Å². The van der Waals surface area contributed by atoms with Gasteiger partial charge >= 0.3 is 41.9 Å². The molecule has 77 heavy (non-hydrogen) atoms. The van der Waals surface area contributed by atoms with Gasteiger partial charge in [0.05, 0.1) is 0 Å². The summed E-state index contributed by atoms with van der Waals surface area (Å²) < 4.78 is 191. The van der Waals surface area contributed by atoms with Crippen LogP contribution in [0.25, 0.3) is 0 Å². The predicted molar refractivity (Wildman–Crippen MR) is 263 cm³/mol. The van der Waals surface area contributed by atoms with Crippen molar-refractivity contribution in [3.63, 3.8) is 0 Å². The Kier molecular flexibility index (Phi) is 20.9. The van der Waals surface area contributed by atoms with Crippen LogP contribution in [0.3, 0.4) is 0 Å². The zero-order valence-corrected chi connectivity index (χ0v) is 44.2. The number of phenolic OH excluding ortho intramolecular Hbond substituents is 1. The molecule has 4 aromatic rings. The maximum atomic E-state index is 13.7. The molecule has 0 aliphatic carbocycles. The Hall–Kier alpha value is -5.93. The van der Waals surface area contributed by atoms with Crippen LogP contribution in [0.1, 0.15) is 122 Å². The molecule has 8 nitrogen and oxygen atoms in total. The topological polar surface area (TPSA) is 92.7 Å². The minimum Gasteiger partial charge on any atom is -0.508 e. The molecule has 0 aromatic heterocycles. The third-order valence-electron chi connectivity index (χ3n) is 14.0. The zero-order chi connectivity index (χ0) is 58.0. The molecule has 1 saturated heterocycles. The molecule has 0 spiro atoms. The smallest absolute Gasteiger partial charge is 0.438 e. The van der Waals surface area contributed by atoms with Crippen LogP contribution in [0.5, 0.6) is 11.5 Å². The number of methoxy groups -OCH3 is 2. The van der Waals surface area contributed by atoms with Gasteiger partial charge in [-0.3, -0.25) is 4.79 Å². The summed E-state index contributed by atoms with van der Waals surface area (Å²) in [5, 5.41) is 9.91. The average Bonchev–Trinajstić information content (AvgIpc) is 3.77. The van der Waals surface area contributed by atoms with Crippen LogP contribution in [0, 0.1) is 51.4 Å². The molecular weight excluding hydrogens is 1040 g/mol. The number of benzene rings is 4. The van der Waals surface area contributed by atoms with Crippen LogP contribution in [0.4, 0.5) is 52.7 Å². The van der Waals surface area contributed by atoms with Crippen molar-refractivity contribution < 1.29 is 91.0 Å². The monoisotopic (exact) mass is 1100 g/mol. The van der Waals surface area contributed by atoms with Gasteiger partial charge < -0.3 is 33.5 Å². The summed E-state index contributed by atoms with van der Waals surface area (Å²) in [5.41, 5.74) is -4.36. The molecule has 0 saturated carbocycles. The molecule has 0 radical (unpaired) electrons. The van der Waals surface area contributed by atoms with E-state index >= 15 is 0 Å². The van der Waals surface area contributed by atoms with E-state index in [9.17, 15) is 62.6 Å². The summed E-state index contributed by atoms with van der Waals surface area (Å²) in [7, 11) is 1.83. The Labute approximate surface area is 440 Å². The Morgan fingerprint density at radius 3 is 1.22 bits per heavy atom. The number of hydrogen-bond donors (Lipinski definition) is 1. The highest BCUT2D eigenvalue weighted by atomic mass is 19.4. The van der Waals surface area contributed by atoms with Crippen molar-refractivity contribution in [2.24, 2.45) is 0 Å². The minimum absolute atomic E-state index is 0.00582. The van der Waals surface area contributed by atoms with E-state index in [2.05, 4.69) is 24.9 Å². The number of cyclic esters (lactones) is 1. The largest absolute Gasteiger partial charge is 0.508 e. The van der Waals surface area contributed by atoms with Crippen molar-refractivity contribution >= 4 is 5.97 Å². The van der Waals surface area contributed by atoms with Gasteiger partial charge in [-0.15, -0.1) is 0 Å². The van der Waals surface area contributed by atoms with Gasteiger partial charge in [-0.1, -0.05) is 88.1 Å². The second kappa shape index (κ2) is 25.2. The van der Waals surface area contributed by atoms with Crippen molar-refractivity contribution in [2.75, 3.05) is 34.4 Å². The highest BCUT2D eigenvalue weighted by Gasteiger charge is 2.73. The summed E-state index contributed by atoms with van der Waals surface area (Å²) in [6.07, 6.45) is -20.0. The summed E-state index contributed by atoms with van der Waals surface area (Å²) in [5.74, 6) is 7.32. The molecular formula is C57H62F12O8. The van der Waals surface area contributed by atoms with Gasteiger partial charge in [0.15, 0.2) is 0 Å². The molecule has 0 bridgehead atoms. The van der Waals surface area contributed by atoms with E-state index in [1.165, 1.54) is 24.0 Å². The number of esters is 1. The number of rotatable bonds is 17. The van der Waals surface area contributed by atoms with E-state index < -0.39 is 60.3 Å². The maximum absolute atomic E-state index is 13.7. The number of alkyl halides is 12. The Balaban J connectivity index is 0.000000338. The fourth-order valence-corrected chi connectivity index (χ4v) is 9.22. The molecule has 20 heteroatoms. The minimum atomic E-state index is -5.86. The van der Waals surface area contributed by atoms with Gasteiger partial charge in [-0.05, 0) is 140 Å². The molecule has 1 heterocycles. The van der Waals surface area contributed by atoms with E-state index in [1.807, 2.05) is 70.9 Å². The Morgan fingerprint density at radius 1 is 0.545 bits per heavy atom. The third-order valence-corrected chi connectivity index (χ3v) is 14.0. The number of hydrogen-bond acceptors (Lipinski definition) is 8. The first-order chi connectivity index (χ1) is 35.8. The molecule has 4 aromatic carbocycles. The molecule has 1 atom stereocenters. The van der Waals surface area contributed by atoms with Crippen molar-refractivity contribution in [3.05, 3.63) is 128 Å². The first kappa shape index (κ1) is 63.6. The van der Waals surface area contributed by atoms with Crippen molar-refractivity contribution in [1.29, 1.82) is 0 Å². The van der Waals surface area contributed by atoms with Crippen molar-refractivity contribution in [2.45, 2.75) is 147 Å². The van der Waals surface area contributed by atoms with Gasteiger partial charge in [-0.25, -0.2) is 0 Å². The number of aromatic hydroxyl groups is 1. The predicted octanol–water partition coefficient (Wildman–Crippen LogP) is 14.3. The number of halogens is 12. The summed E-state index contributed by atoms with van der Waals surface area (Å²) in [4.78, 5) is 11.3. The normalized spacial score (nSPS) is 14.7. The summed E-state index contributed by atoms with van der Waals surface area (Å²) in [6.45, 7) is 12.6. The number of phenols is 1. The number of carbonyl (C=O) groups is 1. The standard InChI is InChI=1S/C31H34F6O5.C26H28F6O3/c1-6-28(7-2,24-10-12-26(21(4)17-24)40-18-25-11-13-27(38)42-25)23-9-8-22(20(3)16-23)14-15-29(30(32,33)34,31(35,36)37)41-19-39-5;1-6-23(7-2,21-10-11-22(33)18(4)15-21)20-9-8-19(17(3)14-20)12-13-24(25(27,28)29,26(30,31)32)35-16-34-5/h8-10,12,16-17,25H,6-7,11,13,18-19H2,1-5H3;8-11,14-15,33H,6-7,16H2,1-5H3/t25-;/m1./s1. The van der Waals surface area contributed by atoms with E-state index in [0.29, 0.717) is 61.0 Å². The lowest BCUT2D eigenvalue weighted by Crippen LogP contribution is -2.58. The Morgan fingerprint density at radius 2 is 0.909 bits per heavy atom. The number of ether oxygens (including phenoxy) is 6. The number of aryl methyl sites for hydroxylation is 4. The molecule has 0 amide bonds. The van der Waals surface area contributed by atoms with Crippen molar-refractivity contribution in [3.8, 4) is 35.2 Å². The molecule has 1 aliphatic heterocycles. The molecule has 5 rings (SSSR count). The second-order valence-electron chi connectivity index (χ2n) is 18.5. The van der Waals surface area contributed by atoms with Gasteiger partial charge in [0.1, 0.15) is 37.8 Å². The van der Waals surface area contributed by atoms with Crippen LogP contribution in [-0.2, 0) is 39.3 Å². The summed E-state index contributed by atoms with van der Waals surface area (Å²) in [6, 6.07) is 20.7. The van der Waals surface area contributed by atoms with Crippen LogP contribution < -0.4 is 4.74 Å². The highest BCUT2D eigenvalue weighted by Crippen LogP contribution is 2.48.